The number of aliphatic hydroxyl groups excluding tert-OH is 2. The van der Waals surface area contributed by atoms with Gasteiger partial charge in [-0.1, -0.05) is 0 Å². The van der Waals surface area contributed by atoms with Crippen molar-refractivity contribution in [3.63, 3.8) is 0 Å². The number of hydrogen-bond donors (Lipinski definition) is 7. The Kier molecular flexibility index (Phi) is 7.73. The second-order valence-corrected chi connectivity index (χ2v) is 10.2. The summed E-state index contributed by atoms with van der Waals surface area (Å²) in [6.45, 7) is -1.08. The number of carbonyl (C=O) groups is 1. The molecule has 2 rings (SSSR count). The van der Waals surface area contributed by atoms with Crippen LogP contribution in [-0.4, -0.2) is 70.2 Å². The highest BCUT2D eigenvalue weighted by Gasteiger charge is 2.46. The van der Waals surface area contributed by atoms with Gasteiger partial charge in [-0.25, -0.2) is 18.7 Å². The van der Waals surface area contributed by atoms with Crippen molar-refractivity contribution < 1.29 is 66.2 Å². The maximum absolute atomic E-state index is 12.2. The minimum absolute atomic E-state index is 0.659. The van der Waals surface area contributed by atoms with Crippen LogP contribution in [-0.2, 0) is 31.6 Å². The topological polar surface area (TPSA) is 287 Å². The van der Waals surface area contributed by atoms with Crippen molar-refractivity contribution in [2.45, 2.75) is 24.5 Å². The number of aliphatic hydroxyl groups is 2. The smallest absolute Gasteiger partial charge is 0.387 e. The predicted octanol–water partition coefficient (Wildman–Crippen LogP) is -2.70. The average Bonchev–Trinajstić information content (AvgIpc) is 2.85. The molecule has 0 aliphatic carbocycles. The number of phosphoric ester groups is 1. The van der Waals surface area contributed by atoms with Gasteiger partial charge < -0.3 is 40.3 Å². The number of rotatable bonds is 9. The van der Waals surface area contributed by atoms with E-state index in [1.54, 1.807) is 0 Å². The van der Waals surface area contributed by atoms with Gasteiger partial charge in [0.15, 0.2) is 11.9 Å². The summed E-state index contributed by atoms with van der Waals surface area (Å²) in [5, 5.41) is 20.1. The number of nitrogens with two attached hydrogens (primary N) is 1. The van der Waals surface area contributed by atoms with Gasteiger partial charge in [0.05, 0.1) is 6.61 Å². The monoisotopic (exact) mass is 511 g/mol. The molecule has 2 unspecified atom stereocenters. The van der Waals surface area contributed by atoms with E-state index in [4.69, 9.17) is 25.2 Å². The highest BCUT2D eigenvalue weighted by molar-refractivity contribution is 7.66. The minimum Gasteiger partial charge on any atom is -0.387 e. The Bertz CT molecular complexity index is 1040. The normalized spacial score (nSPS) is 28.1. The lowest BCUT2D eigenvalue weighted by molar-refractivity contribution is -0.0538. The first kappa shape index (κ1) is 25.9. The summed E-state index contributed by atoms with van der Waals surface area (Å²) in [4.78, 5) is 62.3. The maximum Gasteiger partial charge on any atom is 0.490 e. The standard InChI is InChI=1S/C10H16N3O15P3/c11-8(16)5-9(17)13(2-1-12-5)10-7(15)6(14)4(26-10)3-25-30(21,22)28-31(23,24)27-29(18,19)20/h1-2,4,6-7,10,14-15H,3H2,(H2,11,16)(H,21,22)(H,23,24)(H2,18,19,20)/t4-,6+,7-,10-/m1/s1. The van der Waals surface area contributed by atoms with Gasteiger partial charge in [-0.15, -0.1) is 0 Å². The van der Waals surface area contributed by atoms with Crippen LogP contribution in [0.15, 0.2) is 17.2 Å². The number of ether oxygens (including phenoxy) is 1. The van der Waals surface area contributed by atoms with E-state index in [1.807, 2.05) is 0 Å². The summed E-state index contributed by atoms with van der Waals surface area (Å²) in [7, 11) is -16.9. The molecule has 1 aliphatic rings. The van der Waals surface area contributed by atoms with Gasteiger partial charge >= 0.3 is 23.5 Å². The number of amides is 1. The third kappa shape index (κ3) is 6.81. The Morgan fingerprint density at radius 3 is 2.29 bits per heavy atom. The summed E-state index contributed by atoms with van der Waals surface area (Å²) >= 11 is 0. The summed E-state index contributed by atoms with van der Waals surface area (Å²) in [6, 6.07) is 0. The Morgan fingerprint density at radius 2 is 1.74 bits per heavy atom. The quantitative estimate of drug-likeness (QED) is 0.166. The highest BCUT2D eigenvalue weighted by Crippen LogP contribution is 2.66. The van der Waals surface area contributed by atoms with Crippen LogP contribution in [0.4, 0.5) is 0 Å². The fourth-order valence-electron chi connectivity index (χ4n) is 2.36. The molecular weight excluding hydrogens is 495 g/mol. The zero-order valence-corrected chi connectivity index (χ0v) is 17.5. The SMILES string of the molecule is NC(=O)c1nccn([C@@H]2O[C@H](COP(=O)(O)OP(=O)(O)OP(=O)(O)O)[C@H](O)[C@H]2O)c1=O. The number of nitrogens with zero attached hydrogens (tertiary/aromatic N) is 2. The van der Waals surface area contributed by atoms with Crippen LogP contribution in [0.25, 0.3) is 0 Å². The number of hydrogen-bond acceptors (Lipinski definition) is 12. The van der Waals surface area contributed by atoms with Crippen LogP contribution in [0.1, 0.15) is 16.7 Å². The van der Waals surface area contributed by atoms with Gasteiger partial charge in [0, 0.05) is 12.4 Å². The van der Waals surface area contributed by atoms with E-state index in [9.17, 15) is 38.4 Å². The van der Waals surface area contributed by atoms with Crippen molar-refractivity contribution in [1.29, 1.82) is 0 Å². The summed E-state index contributed by atoms with van der Waals surface area (Å²) in [5.41, 5.74) is 3.21. The van der Waals surface area contributed by atoms with Gasteiger partial charge in [0.25, 0.3) is 11.5 Å². The zero-order valence-electron chi connectivity index (χ0n) is 14.8. The number of carbonyl (C=O) groups excluding carboxylic acids is 1. The van der Waals surface area contributed by atoms with Crippen molar-refractivity contribution in [3.05, 3.63) is 28.4 Å². The number of phosphoric acid groups is 3. The third-order valence-corrected chi connectivity index (χ3v) is 7.33. The molecule has 176 valence electrons. The highest BCUT2D eigenvalue weighted by atomic mass is 31.3. The summed E-state index contributed by atoms with van der Waals surface area (Å²) in [6.07, 6.45) is -4.95. The molecule has 6 atom stereocenters. The first-order chi connectivity index (χ1) is 14.0. The lowest BCUT2D eigenvalue weighted by Crippen LogP contribution is -2.38. The molecule has 0 saturated carbocycles. The van der Waals surface area contributed by atoms with Crippen molar-refractivity contribution in [1.82, 2.24) is 9.55 Å². The molecule has 0 aromatic carbocycles. The third-order valence-electron chi connectivity index (χ3n) is 3.53. The van der Waals surface area contributed by atoms with E-state index >= 15 is 0 Å². The zero-order chi connectivity index (χ0) is 23.8. The first-order valence-corrected chi connectivity index (χ1v) is 12.2. The van der Waals surface area contributed by atoms with Crippen LogP contribution in [0.2, 0.25) is 0 Å². The largest absolute Gasteiger partial charge is 0.490 e. The van der Waals surface area contributed by atoms with Crippen molar-refractivity contribution in [3.8, 4) is 0 Å². The number of aromatic nitrogens is 2. The molecule has 21 heteroatoms. The lowest BCUT2D eigenvalue weighted by atomic mass is 10.1. The van der Waals surface area contributed by atoms with Gasteiger partial charge in [0.2, 0.25) is 0 Å². The van der Waals surface area contributed by atoms with Crippen molar-refractivity contribution in [2.24, 2.45) is 5.73 Å². The lowest BCUT2D eigenvalue weighted by Gasteiger charge is -2.19. The molecule has 31 heavy (non-hydrogen) atoms. The van der Waals surface area contributed by atoms with Crippen molar-refractivity contribution >= 4 is 29.4 Å². The fourth-order valence-corrected chi connectivity index (χ4v) is 5.39. The van der Waals surface area contributed by atoms with E-state index in [0.717, 1.165) is 12.4 Å². The molecule has 1 fully saturated rings. The van der Waals surface area contributed by atoms with Gasteiger partial charge in [-0.3, -0.25) is 18.7 Å². The van der Waals surface area contributed by atoms with Gasteiger partial charge in [-0.2, -0.15) is 8.62 Å². The Balaban J connectivity index is 2.11. The molecule has 1 aromatic heterocycles. The average molecular weight is 511 g/mol. The molecule has 0 radical (unpaired) electrons. The Labute approximate surface area is 171 Å². The second-order valence-electron chi connectivity index (χ2n) is 5.79. The maximum atomic E-state index is 12.2. The van der Waals surface area contributed by atoms with Crippen LogP contribution in [0, 0.1) is 0 Å². The predicted molar refractivity (Wildman–Crippen MR) is 92.8 cm³/mol. The minimum atomic E-state index is -5.76. The molecule has 8 N–H and O–H groups in total. The van der Waals surface area contributed by atoms with E-state index in [1.165, 1.54) is 0 Å². The van der Waals surface area contributed by atoms with E-state index < -0.39 is 71.8 Å². The molecule has 1 aliphatic heterocycles. The summed E-state index contributed by atoms with van der Waals surface area (Å²) in [5.74, 6) is -1.18. The Morgan fingerprint density at radius 1 is 1.13 bits per heavy atom. The molecule has 18 nitrogen and oxygen atoms in total. The first-order valence-electron chi connectivity index (χ1n) is 7.70. The molecule has 0 bridgehead atoms. The molecule has 1 aromatic rings. The Hall–Kier alpha value is -1.36. The van der Waals surface area contributed by atoms with Gasteiger partial charge in [0.1, 0.15) is 18.3 Å². The summed E-state index contributed by atoms with van der Waals surface area (Å²) < 4.78 is 50.7. The van der Waals surface area contributed by atoms with Crippen LogP contribution in [0.3, 0.4) is 0 Å². The van der Waals surface area contributed by atoms with Gasteiger partial charge in [-0.05, 0) is 0 Å². The second kappa shape index (κ2) is 9.25. The molecular formula is C10H16N3O15P3. The molecule has 2 heterocycles. The molecule has 0 spiro atoms. The van der Waals surface area contributed by atoms with Crippen LogP contribution < -0.4 is 11.3 Å². The number of primary amides is 1. The fraction of sp³-hybridized carbons (Fsp3) is 0.500. The molecule has 1 saturated heterocycles. The van der Waals surface area contributed by atoms with E-state index in [-0.39, 0.29) is 0 Å². The van der Waals surface area contributed by atoms with Crippen LogP contribution >= 0.6 is 23.5 Å². The van der Waals surface area contributed by atoms with E-state index in [2.05, 4.69) is 18.1 Å². The van der Waals surface area contributed by atoms with E-state index in [0.29, 0.717) is 4.57 Å². The molecule has 1 amide bonds. The van der Waals surface area contributed by atoms with Crippen molar-refractivity contribution in [2.75, 3.05) is 6.61 Å². The van der Waals surface area contributed by atoms with Crippen LogP contribution in [0.5, 0.6) is 0 Å².